The van der Waals surface area contributed by atoms with Gasteiger partial charge < -0.3 is 10.6 Å². The van der Waals surface area contributed by atoms with Gasteiger partial charge in [0.15, 0.2) is 5.69 Å². The highest BCUT2D eigenvalue weighted by Crippen LogP contribution is 2.21. The van der Waals surface area contributed by atoms with Crippen LogP contribution in [0.1, 0.15) is 24.3 Å². The fourth-order valence-electron chi connectivity index (χ4n) is 1.05. The Morgan fingerprint density at radius 3 is 2.59 bits per heavy atom. The molecular formula is C11H18N4OS. The summed E-state index contributed by atoms with van der Waals surface area (Å²) in [5.41, 5.74) is 0.321. The van der Waals surface area contributed by atoms with Crippen molar-refractivity contribution in [2.75, 3.05) is 25.2 Å². The first kappa shape index (κ1) is 13.8. The molecule has 0 aliphatic heterocycles. The second-order valence-corrected chi connectivity index (χ2v) is 5.71. The topological polar surface area (TPSA) is 66.9 Å². The van der Waals surface area contributed by atoms with Crippen LogP contribution in [0.4, 0.5) is 5.82 Å². The van der Waals surface area contributed by atoms with Crippen LogP contribution >= 0.6 is 11.8 Å². The van der Waals surface area contributed by atoms with Gasteiger partial charge in [0.25, 0.3) is 5.91 Å². The molecule has 0 atom stereocenters. The summed E-state index contributed by atoms with van der Waals surface area (Å²) in [4.78, 5) is 11.3. The van der Waals surface area contributed by atoms with Crippen molar-refractivity contribution in [2.45, 2.75) is 18.6 Å². The lowest BCUT2D eigenvalue weighted by Crippen LogP contribution is -2.26. The largest absolute Gasteiger partial charge is 0.367 e. The number of amides is 1. The van der Waals surface area contributed by atoms with Gasteiger partial charge in [-0.3, -0.25) is 4.79 Å². The summed E-state index contributed by atoms with van der Waals surface area (Å²) in [5.74, 6) is 0.452. The number of thioether (sulfide) groups is 1. The Bertz CT molecular complexity index is 378. The molecule has 1 amide bonds. The average molecular weight is 254 g/mol. The fraction of sp³-hybridized carbons (Fsp3) is 0.545. The van der Waals surface area contributed by atoms with Crippen molar-refractivity contribution in [3.63, 3.8) is 0 Å². The van der Waals surface area contributed by atoms with E-state index in [0.29, 0.717) is 11.5 Å². The number of rotatable bonds is 5. The van der Waals surface area contributed by atoms with E-state index in [1.807, 2.05) is 0 Å². The van der Waals surface area contributed by atoms with Gasteiger partial charge in [-0.1, -0.05) is 0 Å². The number of aromatic nitrogens is 2. The van der Waals surface area contributed by atoms with Crippen molar-refractivity contribution < 1.29 is 4.79 Å². The molecule has 0 aliphatic rings. The van der Waals surface area contributed by atoms with Crippen LogP contribution < -0.4 is 10.6 Å². The number of anilines is 1. The lowest BCUT2D eigenvalue weighted by Gasteiger charge is -2.22. The molecule has 0 aliphatic carbocycles. The molecule has 0 radical (unpaired) electrons. The van der Waals surface area contributed by atoms with E-state index >= 15 is 0 Å². The molecule has 0 spiro atoms. The Labute approximate surface area is 106 Å². The summed E-state index contributed by atoms with van der Waals surface area (Å²) in [7, 11) is 1.57. The van der Waals surface area contributed by atoms with Gasteiger partial charge in [-0.25, -0.2) is 0 Å². The van der Waals surface area contributed by atoms with Gasteiger partial charge in [-0.2, -0.15) is 11.8 Å². The summed E-state index contributed by atoms with van der Waals surface area (Å²) < 4.78 is 0.140. The number of nitrogens with one attached hydrogen (secondary N) is 2. The maximum Gasteiger partial charge on any atom is 0.271 e. The molecular weight excluding hydrogens is 236 g/mol. The van der Waals surface area contributed by atoms with Crippen LogP contribution in [-0.4, -0.2) is 40.7 Å². The van der Waals surface area contributed by atoms with Gasteiger partial charge in [0.2, 0.25) is 0 Å². The molecule has 1 aromatic rings. The van der Waals surface area contributed by atoms with Crippen LogP contribution in [0.3, 0.4) is 0 Å². The summed E-state index contributed by atoms with van der Waals surface area (Å²) in [5, 5.41) is 13.5. The number of nitrogens with zero attached hydrogens (tertiary/aromatic N) is 2. The first-order chi connectivity index (χ1) is 7.98. The molecule has 17 heavy (non-hydrogen) atoms. The van der Waals surface area contributed by atoms with Crippen molar-refractivity contribution >= 4 is 23.5 Å². The van der Waals surface area contributed by atoms with Gasteiger partial charge in [-0.15, -0.1) is 10.2 Å². The molecule has 1 rings (SSSR count). The minimum absolute atomic E-state index is 0.140. The Morgan fingerprint density at radius 2 is 2.12 bits per heavy atom. The summed E-state index contributed by atoms with van der Waals surface area (Å²) in [6.07, 6.45) is 2.07. The molecule has 5 nitrogen and oxygen atoms in total. The van der Waals surface area contributed by atoms with Crippen LogP contribution in [0.5, 0.6) is 0 Å². The van der Waals surface area contributed by atoms with Crippen molar-refractivity contribution in [2.24, 2.45) is 0 Å². The molecule has 1 aromatic heterocycles. The summed E-state index contributed by atoms with van der Waals surface area (Å²) >= 11 is 1.78. The Kier molecular flexibility index (Phi) is 4.74. The van der Waals surface area contributed by atoms with E-state index in [9.17, 15) is 4.79 Å². The molecule has 1 heterocycles. The second kappa shape index (κ2) is 5.86. The van der Waals surface area contributed by atoms with Crippen molar-refractivity contribution in [1.82, 2.24) is 15.5 Å². The van der Waals surface area contributed by atoms with Gasteiger partial charge in [0, 0.05) is 18.3 Å². The Morgan fingerprint density at radius 1 is 1.41 bits per heavy atom. The minimum Gasteiger partial charge on any atom is -0.367 e. The molecule has 0 unspecified atom stereocenters. The predicted molar refractivity (Wildman–Crippen MR) is 71.5 cm³/mol. The fourth-order valence-corrected chi connectivity index (χ4v) is 1.27. The number of carbonyl (C=O) groups is 1. The predicted octanol–water partition coefficient (Wildman–Crippen LogP) is 1.39. The van der Waals surface area contributed by atoms with Crippen molar-refractivity contribution in [3.05, 3.63) is 17.8 Å². The minimum atomic E-state index is -0.228. The summed E-state index contributed by atoms with van der Waals surface area (Å²) in [6, 6.07) is 3.41. The van der Waals surface area contributed by atoms with Crippen LogP contribution in [0.15, 0.2) is 12.1 Å². The smallest absolute Gasteiger partial charge is 0.271 e. The molecule has 6 heteroatoms. The van der Waals surface area contributed by atoms with E-state index in [0.717, 1.165) is 6.54 Å². The van der Waals surface area contributed by atoms with Gasteiger partial charge in [0.05, 0.1) is 0 Å². The Balaban J connectivity index is 2.60. The Hall–Kier alpha value is -1.30. The third kappa shape index (κ3) is 4.22. The van der Waals surface area contributed by atoms with Crippen LogP contribution in [0.2, 0.25) is 0 Å². The zero-order chi connectivity index (χ0) is 12.9. The van der Waals surface area contributed by atoms with E-state index in [2.05, 4.69) is 40.9 Å². The average Bonchev–Trinajstić information content (AvgIpc) is 2.36. The van der Waals surface area contributed by atoms with Crippen molar-refractivity contribution in [3.8, 4) is 0 Å². The molecule has 0 saturated heterocycles. The molecule has 0 bridgehead atoms. The highest BCUT2D eigenvalue weighted by atomic mass is 32.2. The highest BCUT2D eigenvalue weighted by Gasteiger charge is 2.15. The van der Waals surface area contributed by atoms with Crippen molar-refractivity contribution in [1.29, 1.82) is 0 Å². The number of hydrogen-bond donors (Lipinski definition) is 2. The van der Waals surface area contributed by atoms with E-state index in [1.165, 1.54) is 0 Å². The van der Waals surface area contributed by atoms with E-state index in [4.69, 9.17) is 0 Å². The van der Waals surface area contributed by atoms with Crippen LogP contribution in [-0.2, 0) is 0 Å². The quantitative estimate of drug-likeness (QED) is 0.831. The van der Waals surface area contributed by atoms with Gasteiger partial charge in [-0.05, 0) is 32.2 Å². The number of carbonyl (C=O) groups excluding carboxylic acids is 1. The van der Waals surface area contributed by atoms with E-state index in [1.54, 1.807) is 30.9 Å². The standard InChI is InChI=1S/C11H18N4OS/c1-11(2,17-4)7-13-9-6-5-8(14-15-9)10(16)12-3/h5-6H,7H2,1-4H3,(H,12,16)(H,13,15). The normalized spacial score (nSPS) is 11.1. The lowest BCUT2D eigenvalue weighted by molar-refractivity contribution is 0.0957. The molecule has 2 N–H and O–H groups in total. The zero-order valence-corrected chi connectivity index (χ0v) is 11.4. The maximum absolute atomic E-state index is 11.3. The molecule has 0 saturated carbocycles. The second-order valence-electron chi connectivity index (χ2n) is 4.20. The monoisotopic (exact) mass is 254 g/mol. The third-order valence-corrected chi connectivity index (χ3v) is 3.62. The molecule has 0 fully saturated rings. The third-order valence-electron chi connectivity index (χ3n) is 2.37. The van der Waals surface area contributed by atoms with E-state index < -0.39 is 0 Å². The molecule has 0 aromatic carbocycles. The zero-order valence-electron chi connectivity index (χ0n) is 10.6. The van der Waals surface area contributed by atoms with Gasteiger partial charge in [0.1, 0.15) is 5.82 Å². The maximum atomic E-state index is 11.3. The van der Waals surface area contributed by atoms with Crippen LogP contribution in [0, 0.1) is 0 Å². The van der Waals surface area contributed by atoms with Gasteiger partial charge >= 0.3 is 0 Å². The number of hydrogen-bond acceptors (Lipinski definition) is 5. The lowest BCUT2D eigenvalue weighted by atomic mass is 10.2. The first-order valence-corrected chi connectivity index (χ1v) is 6.56. The first-order valence-electron chi connectivity index (χ1n) is 5.33. The van der Waals surface area contributed by atoms with Crippen LogP contribution in [0.25, 0.3) is 0 Å². The molecule has 94 valence electrons. The summed E-state index contributed by atoms with van der Waals surface area (Å²) in [6.45, 7) is 5.09. The SMILES string of the molecule is CNC(=O)c1ccc(NCC(C)(C)SC)nn1. The highest BCUT2D eigenvalue weighted by molar-refractivity contribution is 7.99. The van der Waals surface area contributed by atoms with E-state index in [-0.39, 0.29) is 10.7 Å².